The van der Waals surface area contributed by atoms with E-state index in [1.165, 1.54) is 6.08 Å². The number of anilines is 1. The van der Waals surface area contributed by atoms with E-state index in [-0.39, 0.29) is 5.91 Å². The van der Waals surface area contributed by atoms with Crippen LogP contribution in [-0.4, -0.2) is 45.1 Å². The third kappa shape index (κ3) is 2.72. The summed E-state index contributed by atoms with van der Waals surface area (Å²) in [6, 6.07) is 8.10. The number of nitrogens with one attached hydrogen (secondary N) is 1. The average Bonchev–Trinajstić information content (AvgIpc) is 3.44. The molecule has 9 heteroatoms. The lowest BCUT2D eigenvalue weighted by Crippen LogP contribution is -2.29. The van der Waals surface area contributed by atoms with Crippen LogP contribution in [0.3, 0.4) is 0 Å². The van der Waals surface area contributed by atoms with Crippen molar-refractivity contribution in [2.24, 2.45) is 0 Å². The van der Waals surface area contributed by atoms with Crippen LogP contribution in [-0.2, 0) is 15.8 Å². The summed E-state index contributed by atoms with van der Waals surface area (Å²) in [7, 11) is 0.419. The number of hydrogen-bond donors (Lipinski definition) is 1. The highest BCUT2D eigenvalue weighted by Gasteiger charge is 2.32. The van der Waals surface area contributed by atoms with Crippen LogP contribution in [0, 0.1) is 0 Å². The van der Waals surface area contributed by atoms with Gasteiger partial charge in [0, 0.05) is 36.2 Å². The quantitative estimate of drug-likeness (QED) is 0.699. The molecule has 1 aliphatic carbocycles. The summed E-state index contributed by atoms with van der Waals surface area (Å²) in [5, 5.41) is 6.14. The third-order valence-electron chi connectivity index (χ3n) is 5.73. The predicted molar refractivity (Wildman–Crippen MR) is 114 cm³/mol. The van der Waals surface area contributed by atoms with Gasteiger partial charge in [-0.25, -0.2) is 13.9 Å². The van der Waals surface area contributed by atoms with Crippen molar-refractivity contribution in [2.75, 3.05) is 25.1 Å². The second-order valence-corrected chi connectivity index (χ2v) is 9.00. The number of nitrogens with zero attached hydrogens (tertiary/aromatic N) is 4. The highest BCUT2D eigenvalue weighted by molar-refractivity contribution is 7.93. The third-order valence-corrected chi connectivity index (χ3v) is 6.79. The molecule has 0 bridgehead atoms. The maximum atomic E-state index is 12.3. The van der Waals surface area contributed by atoms with Crippen molar-refractivity contribution in [1.82, 2.24) is 19.5 Å². The second-order valence-electron chi connectivity index (χ2n) is 7.84. The molecule has 1 amide bonds. The minimum atomic E-state index is -1.59. The molecule has 2 aromatic heterocycles. The maximum Gasteiger partial charge on any atom is 0.258 e. The Morgan fingerprint density at radius 3 is 2.87 bits per heavy atom. The van der Waals surface area contributed by atoms with E-state index in [4.69, 9.17) is 9.84 Å². The van der Waals surface area contributed by atoms with Gasteiger partial charge in [-0.1, -0.05) is 6.07 Å². The minimum Gasteiger partial charge on any atom is -0.488 e. The number of rotatable bonds is 3. The zero-order valence-electron chi connectivity index (χ0n) is 16.3. The van der Waals surface area contributed by atoms with Crippen molar-refractivity contribution in [3.63, 3.8) is 0 Å². The number of benzene rings is 1. The Labute approximate surface area is 175 Å². The number of amides is 1. The molecule has 0 radical (unpaired) electrons. The maximum absolute atomic E-state index is 12.3. The van der Waals surface area contributed by atoms with Crippen molar-refractivity contribution in [3.8, 4) is 16.9 Å². The molecule has 6 rings (SSSR count). The summed E-state index contributed by atoms with van der Waals surface area (Å²) >= 11 is 0. The van der Waals surface area contributed by atoms with Gasteiger partial charge in [0.25, 0.3) is 5.91 Å². The Bertz CT molecular complexity index is 1280. The fraction of sp³-hybridized carbons (Fsp3) is 0.286. The first-order valence-electron chi connectivity index (χ1n) is 9.90. The molecule has 1 aromatic carbocycles. The SMILES string of the molecule is CN1CCOc2cc(-c3ccc4c(c3)c(C3CC3)nn4C3=CC(=O)NS3=O)cnc21. The van der Waals surface area contributed by atoms with E-state index in [9.17, 15) is 9.00 Å². The summed E-state index contributed by atoms with van der Waals surface area (Å²) in [5.74, 6) is 1.68. The molecular formula is C21H19N5O3S. The topological polar surface area (TPSA) is 89.4 Å². The monoisotopic (exact) mass is 421 g/mol. The number of hydrogen-bond acceptors (Lipinski definition) is 6. The van der Waals surface area contributed by atoms with Crippen LogP contribution in [0.4, 0.5) is 5.82 Å². The zero-order chi connectivity index (χ0) is 20.4. The van der Waals surface area contributed by atoms with Gasteiger partial charge in [-0.2, -0.15) is 5.10 Å². The number of likely N-dealkylation sites (N-methyl/N-ethyl adjacent to an activating group) is 1. The first-order valence-corrected chi connectivity index (χ1v) is 11.0. The Hall–Kier alpha value is -3.20. The number of ether oxygens (including phenoxy) is 1. The van der Waals surface area contributed by atoms with Crippen LogP contribution in [0.15, 0.2) is 36.5 Å². The molecule has 8 nitrogen and oxygen atoms in total. The second kappa shape index (κ2) is 6.40. The lowest BCUT2D eigenvalue weighted by Gasteiger charge is -2.26. The van der Waals surface area contributed by atoms with Gasteiger partial charge >= 0.3 is 0 Å². The van der Waals surface area contributed by atoms with Crippen molar-refractivity contribution in [1.29, 1.82) is 0 Å². The zero-order valence-corrected chi connectivity index (χ0v) is 17.1. The van der Waals surface area contributed by atoms with E-state index in [0.717, 1.165) is 58.7 Å². The molecule has 0 saturated heterocycles. The summed E-state index contributed by atoms with van der Waals surface area (Å²) in [6.07, 6.45) is 5.41. The Balaban J connectivity index is 1.48. The van der Waals surface area contributed by atoms with Gasteiger partial charge in [-0.3, -0.25) is 9.52 Å². The van der Waals surface area contributed by atoms with Gasteiger partial charge in [-0.15, -0.1) is 0 Å². The van der Waals surface area contributed by atoms with Crippen LogP contribution >= 0.6 is 0 Å². The summed E-state index contributed by atoms with van der Waals surface area (Å²) in [6.45, 7) is 1.47. The number of carbonyl (C=O) groups is 1. The van der Waals surface area contributed by atoms with Gasteiger partial charge in [0.1, 0.15) is 6.61 Å². The molecule has 3 aromatic rings. The molecule has 1 N–H and O–H groups in total. The van der Waals surface area contributed by atoms with Crippen LogP contribution in [0.1, 0.15) is 24.5 Å². The molecule has 152 valence electrons. The highest BCUT2D eigenvalue weighted by atomic mass is 32.2. The van der Waals surface area contributed by atoms with E-state index in [0.29, 0.717) is 17.6 Å². The first-order chi connectivity index (χ1) is 14.6. The van der Waals surface area contributed by atoms with Gasteiger partial charge in [0.2, 0.25) is 0 Å². The highest BCUT2D eigenvalue weighted by Crippen LogP contribution is 2.44. The van der Waals surface area contributed by atoms with Gasteiger partial charge in [0.05, 0.1) is 17.8 Å². The van der Waals surface area contributed by atoms with E-state index in [1.54, 1.807) is 4.68 Å². The molecule has 1 unspecified atom stereocenters. The van der Waals surface area contributed by atoms with Crippen LogP contribution in [0.2, 0.25) is 0 Å². The Morgan fingerprint density at radius 1 is 1.23 bits per heavy atom. The van der Waals surface area contributed by atoms with Gasteiger partial charge < -0.3 is 9.64 Å². The predicted octanol–water partition coefficient (Wildman–Crippen LogP) is 2.40. The van der Waals surface area contributed by atoms with E-state index >= 15 is 0 Å². The fourth-order valence-corrected chi connectivity index (χ4v) is 4.87. The Kier molecular flexibility index (Phi) is 3.76. The molecule has 30 heavy (non-hydrogen) atoms. The number of aromatic nitrogens is 3. The standard InChI is InChI=1S/C21H19N5O3S/c1-25-6-7-29-17-9-14(11-22-21(17)25)13-4-5-16-15(8-13)20(12-2-3-12)23-26(16)19-10-18(27)24-30(19)28/h4-5,8-12H,2-3,6-7H2,1H3,(H,24,27). The van der Waals surface area contributed by atoms with Crippen LogP contribution in [0.25, 0.3) is 27.1 Å². The molecule has 2 aliphatic heterocycles. The molecule has 3 aliphatic rings. The molecular weight excluding hydrogens is 402 g/mol. The van der Waals surface area contributed by atoms with E-state index < -0.39 is 11.0 Å². The smallest absolute Gasteiger partial charge is 0.258 e. The fourth-order valence-electron chi connectivity index (χ4n) is 4.01. The Morgan fingerprint density at radius 2 is 2.10 bits per heavy atom. The van der Waals surface area contributed by atoms with Crippen molar-refractivity contribution in [3.05, 3.63) is 42.2 Å². The first kappa shape index (κ1) is 17.6. The summed E-state index contributed by atoms with van der Waals surface area (Å²) < 4.78 is 22.2. The summed E-state index contributed by atoms with van der Waals surface area (Å²) in [4.78, 5) is 18.3. The largest absolute Gasteiger partial charge is 0.488 e. The van der Waals surface area contributed by atoms with Gasteiger partial charge in [0.15, 0.2) is 27.6 Å². The number of carbonyl (C=O) groups excluding carboxylic acids is 1. The number of pyridine rings is 1. The van der Waals surface area contributed by atoms with E-state index in [2.05, 4.69) is 20.7 Å². The van der Waals surface area contributed by atoms with Crippen LogP contribution in [0.5, 0.6) is 5.75 Å². The average molecular weight is 421 g/mol. The van der Waals surface area contributed by atoms with Crippen molar-refractivity contribution in [2.45, 2.75) is 18.8 Å². The van der Waals surface area contributed by atoms with Crippen LogP contribution < -0.4 is 14.4 Å². The van der Waals surface area contributed by atoms with Crippen molar-refractivity contribution >= 4 is 38.6 Å². The normalized spacial score (nSPS) is 20.7. The molecule has 0 spiro atoms. The molecule has 1 atom stereocenters. The molecule has 1 saturated carbocycles. The minimum absolute atomic E-state index is 0.360. The lowest BCUT2D eigenvalue weighted by atomic mass is 10.0. The van der Waals surface area contributed by atoms with Gasteiger partial charge in [-0.05, 0) is 36.6 Å². The number of fused-ring (bicyclic) bond motifs is 2. The molecule has 1 fully saturated rings. The van der Waals surface area contributed by atoms with E-state index in [1.807, 2.05) is 31.4 Å². The molecule has 4 heterocycles. The summed E-state index contributed by atoms with van der Waals surface area (Å²) in [5.41, 5.74) is 3.83. The lowest BCUT2D eigenvalue weighted by molar-refractivity contribution is -0.114. The van der Waals surface area contributed by atoms with Crippen molar-refractivity contribution < 1.29 is 13.7 Å².